The lowest BCUT2D eigenvalue weighted by Crippen LogP contribution is -2.33. The van der Waals surface area contributed by atoms with Gasteiger partial charge in [-0.1, -0.05) is 12.1 Å². The van der Waals surface area contributed by atoms with Crippen molar-refractivity contribution in [2.75, 3.05) is 0 Å². The molecule has 1 aromatic carbocycles. The number of benzene rings is 1. The van der Waals surface area contributed by atoms with E-state index in [1.807, 2.05) is 24.3 Å². The zero-order valence-electron chi connectivity index (χ0n) is 15.3. The first-order valence-corrected chi connectivity index (χ1v) is 10.7. The summed E-state index contributed by atoms with van der Waals surface area (Å²) in [5.41, 5.74) is 2.76. The third kappa shape index (κ3) is 3.75. The number of aryl methyl sites for hydroxylation is 1. The van der Waals surface area contributed by atoms with Crippen molar-refractivity contribution in [1.29, 1.82) is 0 Å². The molecule has 2 aliphatic rings. The molecule has 6 nitrogen and oxygen atoms in total. The molecular weight excluding hydrogens is 362 g/mol. The molecule has 27 heavy (non-hydrogen) atoms. The molecule has 1 atom stereocenters. The lowest BCUT2D eigenvalue weighted by molar-refractivity contribution is -0.119. The van der Waals surface area contributed by atoms with Crippen LogP contribution in [-0.2, 0) is 27.8 Å². The quantitative estimate of drug-likeness (QED) is 0.829. The molecule has 1 saturated carbocycles. The standard InChI is InChI=1S/C20H23N3O3S/c1-14(24)22-20-10-6-15-5-9-18(12-19(15)20)27(25,26)23(17-7-8-17)13-16-4-2-3-11-21-16/h2-5,9,11-12,17,20H,6-8,10,13H2,1H3,(H,22,24)/t20-/m0/s1. The minimum Gasteiger partial charge on any atom is -0.350 e. The Balaban J connectivity index is 1.65. The maximum absolute atomic E-state index is 13.4. The monoisotopic (exact) mass is 385 g/mol. The molecule has 0 aliphatic heterocycles. The first-order chi connectivity index (χ1) is 12.9. The minimum absolute atomic E-state index is 0.0383. The van der Waals surface area contributed by atoms with Crippen LogP contribution in [-0.4, -0.2) is 29.7 Å². The Morgan fingerprint density at radius 2 is 2.04 bits per heavy atom. The van der Waals surface area contributed by atoms with Gasteiger partial charge in [0.25, 0.3) is 0 Å². The zero-order valence-corrected chi connectivity index (χ0v) is 16.1. The molecule has 1 amide bonds. The molecule has 7 heteroatoms. The van der Waals surface area contributed by atoms with Gasteiger partial charge in [-0.2, -0.15) is 4.31 Å². The van der Waals surface area contributed by atoms with Crippen molar-refractivity contribution in [2.45, 2.75) is 56.1 Å². The third-order valence-electron chi connectivity index (χ3n) is 5.18. The van der Waals surface area contributed by atoms with E-state index >= 15 is 0 Å². The topological polar surface area (TPSA) is 79.4 Å². The molecule has 4 rings (SSSR count). The van der Waals surface area contributed by atoms with E-state index in [1.165, 1.54) is 6.92 Å². The van der Waals surface area contributed by atoms with Crippen LogP contribution in [0.5, 0.6) is 0 Å². The number of pyridine rings is 1. The van der Waals surface area contributed by atoms with Gasteiger partial charge in [0.05, 0.1) is 23.2 Å². The minimum atomic E-state index is -3.63. The molecule has 1 aromatic heterocycles. The molecular formula is C20H23N3O3S. The van der Waals surface area contributed by atoms with E-state index in [0.29, 0.717) is 4.90 Å². The maximum atomic E-state index is 13.4. The van der Waals surface area contributed by atoms with Gasteiger partial charge in [0, 0.05) is 19.2 Å². The fourth-order valence-electron chi connectivity index (χ4n) is 3.70. The lowest BCUT2D eigenvalue weighted by Gasteiger charge is -2.22. The Bertz CT molecular complexity index is 956. The van der Waals surface area contributed by atoms with E-state index < -0.39 is 10.0 Å². The van der Waals surface area contributed by atoms with Crippen molar-refractivity contribution in [2.24, 2.45) is 0 Å². The summed E-state index contributed by atoms with van der Waals surface area (Å²) in [6.07, 6.45) is 5.09. The number of aromatic nitrogens is 1. The summed E-state index contributed by atoms with van der Waals surface area (Å²) >= 11 is 0. The molecule has 2 aromatic rings. The molecule has 0 unspecified atom stereocenters. The highest BCUT2D eigenvalue weighted by Crippen LogP contribution is 2.37. The number of carbonyl (C=O) groups is 1. The number of carbonyl (C=O) groups excluding carboxylic acids is 1. The molecule has 0 spiro atoms. The average Bonchev–Trinajstić information content (AvgIpc) is 3.41. The Labute approximate surface area is 159 Å². The van der Waals surface area contributed by atoms with Gasteiger partial charge in [0.2, 0.25) is 15.9 Å². The van der Waals surface area contributed by atoms with Gasteiger partial charge in [-0.15, -0.1) is 0 Å². The maximum Gasteiger partial charge on any atom is 0.243 e. The van der Waals surface area contributed by atoms with E-state index in [2.05, 4.69) is 10.3 Å². The van der Waals surface area contributed by atoms with Gasteiger partial charge in [-0.3, -0.25) is 9.78 Å². The first kappa shape index (κ1) is 18.1. The fourth-order valence-corrected chi connectivity index (χ4v) is 5.39. The number of nitrogens with one attached hydrogen (secondary N) is 1. The van der Waals surface area contributed by atoms with Crippen LogP contribution in [0.1, 0.15) is 49.0 Å². The second kappa shape index (κ2) is 7.05. The molecule has 0 radical (unpaired) electrons. The van der Waals surface area contributed by atoms with E-state index in [9.17, 15) is 13.2 Å². The number of hydrogen-bond acceptors (Lipinski definition) is 4. The summed E-state index contributed by atoms with van der Waals surface area (Å²) in [6.45, 7) is 1.76. The summed E-state index contributed by atoms with van der Waals surface area (Å²) in [4.78, 5) is 16.0. The highest BCUT2D eigenvalue weighted by molar-refractivity contribution is 7.89. The number of amides is 1. The van der Waals surface area contributed by atoms with Crippen molar-refractivity contribution < 1.29 is 13.2 Å². The van der Waals surface area contributed by atoms with Gasteiger partial charge in [0.15, 0.2) is 0 Å². The van der Waals surface area contributed by atoms with Crippen molar-refractivity contribution in [1.82, 2.24) is 14.6 Å². The number of sulfonamides is 1. The van der Waals surface area contributed by atoms with Crippen LogP contribution < -0.4 is 5.32 Å². The number of rotatable bonds is 6. The van der Waals surface area contributed by atoms with Crippen LogP contribution in [0.15, 0.2) is 47.5 Å². The fraction of sp³-hybridized carbons (Fsp3) is 0.400. The van der Waals surface area contributed by atoms with E-state index in [4.69, 9.17) is 0 Å². The average molecular weight is 385 g/mol. The highest BCUT2D eigenvalue weighted by atomic mass is 32.2. The second-order valence-corrected chi connectivity index (χ2v) is 9.15. The van der Waals surface area contributed by atoms with Crippen LogP contribution in [0, 0.1) is 0 Å². The summed E-state index contributed by atoms with van der Waals surface area (Å²) in [5, 5.41) is 2.92. The predicted molar refractivity (Wildman–Crippen MR) is 101 cm³/mol. The van der Waals surface area contributed by atoms with Gasteiger partial charge in [0.1, 0.15) is 0 Å². The molecule has 1 fully saturated rings. The number of nitrogens with zero attached hydrogens (tertiary/aromatic N) is 2. The van der Waals surface area contributed by atoms with Crippen LogP contribution in [0.3, 0.4) is 0 Å². The molecule has 1 N–H and O–H groups in total. The summed E-state index contributed by atoms with van der Waals surface area (Å²) in [7, 11) is -3.63. The van der Waals surface area contributed by atoms with E-state index in [0.717, 1.165) is 42.5 Å². The third-order valence-corrected chi connectivity index (χ3v) is 7.07. The van der Waals surface area contributed by atoms with Gasteiger partial charge in [-0.25, -0.2) is 8.42 Å². The van der Waals surface area contributed by atoms with E-state index in [-0.39, 0.29) is 24.5 Å². The number of fused-ring (bicyclic) bond motifs is 1. The highest BCUT2D eigenvalue weighted by Gasteiger charge is 2.39. The van der Waals surface area contributed by atoms with Gasteiger partial charge in [-0.05, 0) is 61.1 Å². The Morgan fingerprint density at radius 1 is 1.22 bits per heavy atom. The van der Waals surface area contributed by atoms with Crippen molar-refractivity contribution in [3.8, 4) is 0 Å². The Kier molecular flexibility index (Phi) is 4.74. The zero-order chi connectivity index (χ0) is 19.0. The van der Waals surface area contributed by atoms with E-state index in [1.54, 1.807) is 22.6 Å². The summed E-state index contributed by atoms with van der Waals surface area (Å²) in [6, 6.07) is 10.8. The largest absolute Gasteiger partial charge is 0.350 e. The normalized spacial score (nSPS) is 19.1. The Hall–Kier alpha value is -2.25. The van der Waals surface area contributed by atoms with Crippen LogP contribution >= 0.6 is 0 Å². The molecule has 0 saturated heterocycles. The van der Waals surface area contributed by atoms with Crippen molar-refractivity contribution >= 4 is 15.9 Å². The van der Waals surface area contributed by atoms with Crippen molar-refractivity contribution in [3.05, 3.63) is 59.4 Å². The Morgan fingerprint density at radius 3 is 2.70 bits per heavy atom. The molecule has 142 valence electrons. The van der Waals surface area contributed by atoms with Gasteiger partial charge >= 0.3 is 0 Å². The van der Waals surface area contributed by atoms with Crippen molar-refractivity contribution in [3.63, 3.8) is 0 Å². The lowest BCUT2D eigenvalue weighted by atomic mass is 10.1. The first-order valence-electron chi connectivity index (χ1n) is 9.27. The molecule has 0 bridgehead atoms. The van der Waals surface area contributed by atoms with Crippen LogP contribution in [0.25, 0.3) is 0 Å². The summed E-state index contributed by atoms with van der Waals surface area (Å²) in [5.74, 6) is -0.101. The smallest absolute Gasteiger partial charge is 0.243 e. The van der Waals surface area contributed by atoms with Crippen LogP contribution in [0.2, 0.25) is 0 Å². The SMILES string of the molecule is CC(=O)N[C@H]1CCc2ccc(S(=O)(=O)N(Cc3ccccn3)C3CC3)cc21. The van der Waals surface area contributed by atoms with Crippen LogP contribution in [0.4, 0.5) is 0 Å². The molecule has 2 aliphatic carbocycles. The second-order valence-electron chi connectivity index (χ2n) is 7.25. The number of hydrogen-bond donors (Lipinski definition) is 1. The summed E-state index contributed by atoms with van der Waals surface area (Å²) < 4.78 is 28.3. The van der Waals surface area contributed by atoms with Gasteiger partial charge < -0.3 is 5.32 Å². The molecule has 1 heterocycles. The predicted octanol–water partition coefficient (Wildman–Crippen LogP) is 2.56.